The maximum Gasteiger partial charge on any atom is 0.255 e. The quantitative estimate of drug-likeness (QED) is 0.702. The van der Waals surface area contributed by atoms with Crippen molar-refractivity contribution in [1.82, 2.24) is 9.78 Å². The van der Waals surface area contributed by atoms with E-state index in [9.17, 15) is 9.59 Å². The summed E-state index contributed by atoms with van der Waals surface area (Å²) in [5.74, 6) is 0.134. The number of amides is 2. The van der Waals surface area contributed by atoms with Crippen LogP contribution >= 0.6 is 0 Å². The van der Waals surface area contributed by atoms with E-state index in [1.807, 2.05) is 12.1 Å². The van der Waals surface area contributed by atoms with Gasteiger partial charge < -0.3 is 15.4 Å². The van der Waals surface area contributed by atoms with E-state index in [1.54, 1.807) is 73.6 Å². The van der Waals surface area contributed by atoms with Gasteiger partial charge in [-0.1, -0.05) is 12.1 Å². The standard InChI is InChI=1S/C20H20N4O3/c1-14(24-13-5-12-21-24)19(25)22-16-10-8-15(9-11-16)20(26)23-17-6-3-4-7-18(17)27-2/h3-14H,1-2H3,(H,22,25)(H,23,26). The lowest BCUT2D eigenvalue weighted by molar-refractivity contribution is -0.119. The van der Waals surface area contributed by atoms with Crippen molar-refractivity contribution in [3.8, 4) is 5.75 Å². The molecule has 1 unspecified atom stereocenters. The normalized spacial score (nSPS) is 11.5. The minimum absolute atomic E-state index is 0.190. The molecular formula is C20H20N4O3. The number of benzene rings is 2. The molecule has 0 saturated carbocycles. The Hall–Kier alpha value is -3.61. The summed E-state index contributed by atoms with van der Waals surface area (Å²) in [4.78, 5) is 24.7. The molecule has 138 valence electrons. The number of nitrogens with one attached hydrogen (secondary N) is 2. The number of nitrogens with zero attached hydrogens (tertiary/aromatic N) is 2. The summed E-state index contributed by atoms with van der Waals surface area (Å²) < 4.78 is 6.80. The highest BCUT2D eigenvalue weighted by molar-refractivity contribution is 6.05. The molecule has 0 aliphatic rings. The van der Waals surface area contributed by atoms with Crippen LogP contribution in [-0.4, -0.2) is 28.7 Å². The highest BCUT2D eigenvalue weighted by Crippen LogP contribution is 2.24. The third kappa shape index (κ3) is 4.33. The molecule has 27 heavy (non-hydrogen) atoms. The van der Waals surface area contributed by atoms with Crippen LogP contribution in [0.25, 0.3) is 0 Å². The van der Waals surface area contributed by atoms with Crippen LogP contribution in [0, 0.1) is 0 Å². The number of ether oxygens (including phenoxy) is 1. The minimum Gasteiger partial charge on any atom is -0.495 e. The van der Waals surface area contributed by atoms with Crippen LogP contribution in [0.4, 0.5) is 11.4 Å². The number of hydrogen-bond donors (Lipinski definition) is 2. The molecule has 7 nitrogen and oxygen atoms in total. The Morgan fingerprint density at radius 3 is 2.44 bits per heavy atom. The molecule has 2 aromatic carbocycles. The molecule has 3 aromatic rings. The summed E-state index contributed by atoms with van der Waals surface area (Å²) in [7, 11) is 1.55. The minimum atomic E-state index is -0.437. The number of para-hydroxylation sites is 2. The van der Waals surface area contributed by atoms with Gasteiger partial charge in [0.2, 0.25) is 5.91 Å². The van der Waals surface area contributed by atoms with E-state index < -0.39 is 6.04 Å². The largest absolute Gasteiger partial charge is 0.495 e. The molecule has 0 fully saturated rings. The average molecular weight is 364 g/mol. The van der Waals surface area contributed by atoms with E-state index in [0.717, 1.165) is 0 Å². The first-order chi connectivity index (χ1) is 13.1. The molecule has 0 aliphatic heterocycles. The molecule has 3 rings (SSSR count). The van der Waals surface area contributed by atoms with Gasteiger partial charge in [-0.25, -0.2) is 0 Å². The second-order valence-electron chi connectivity index (χ2n) is 5.88. The van der Waals surface area contributed by atoms with Crippen LogP contribution in [0.15, 0.2) is 67.0 Å². The zero-order valence-corrected chi connectivity index (χ0v) is 15.0. The number of methoxy groups -OCH3 is 1. The molecule has 2 amide bonds. The van der Waals surface area contributed by atoms with Gasteiger partial charge in [0.15, 0.2) is 0 Å². The molecule has 7 heteroatoms. The molecule has 0 radical (unpaired) electrons. The Labute approximate surface area is 157 Å². The molecule has 0 saturated heterocycles. The summed E-state index contributed by atoms with van der Waals surface area (Å²) in [6.07, 6.45) is 3.36. The van der Waals surface area contributed by atoms with Crippen molar-refractivity contribution in [2.45, 2.75) is 13.0 Å². The van der Waals surface area contributed by atoms with Crippen molar-refractivity contribution in [2.75, 3.05) is 17.7 Å². The predicted molar refractivity (Wildman–Crippen MR) is 103 cm³/mol. The lowest BCUT2D eigenvalue weighted by Crippen LogP contribution is -2.24. The van der Waals surface area contributed by atoms with E-state index in [-0.39, 0.29) is 11.8 Å². The molecule has 0 aliphatic carbocycles. The van der Waals surface area contributed by atoms with Crippen LogP contribution in [-0.2, 0) is 4.79 Å². The fourth-order valence-corrected chi connectivity index (χ4v) is 2.52. The van der Waals surface area contributed by atoms with Crippen molar-refractivity contribution in [2.24, 2.45) is 0 Å². The fraction of sp³-hybridized carbons (Fsp3) is 0.150. The SMILES string of the molecule is COc1ccccc1NC(=O)c1ccc(NC(=O)C(C)n2cccn2)cc1. The number of aromatic nitrogens is 2. The molecule has 0 bridgehead atoms. The van der Waals surface area contributed by atoms with Crippen LogP contribution in [0.5, 0.6) is 5.75 Å². The topological polar surface area (TPSA) is 85.3 Å². The van der Waals surface area contributed by atoms with Crippen molar-refractivity contribution < 1.29 is 14.3 Å². The van der Waals surface area contributed by atoms with Crippen molar-refractivity contribution >= 4 is 23.2 Å². The maximum absolute atomic E-state index is 12.4. The van der Waals surface area contributed by atoms with Gasteiger partial charge >= 0.3 is 0 Å². The average Bonchev–Trinajstić information content (AvgIpc) is 3.23. The van der Waals surface area contributed by atoms with Crippen molar-refractivity contribution in [1.29, 1.82) is 0 Å². The second kappa shape index (κ2) is 8.18. The third-order valence-corrected chi connectivity index (χ3v) is 4.07. The van der Waals surface area contributed by atoms with Crippen LogP contribution < -0.4 is 15.4 Å². The summed E-state index contributed by atoms with van der Waals surface area (Å²) in [6, 6.07) is 15.2. The fourth-order valence-electron chi connectivity index (χ4n) is 2.52. The summed E-state index contributed by atoms with van der Waals surface area (Å²) in [5.41, 5.74) is 1.67. The first kappa shape index (κ1) is 18.2. The van der Waals surface area contributed by atoms with Gasteiger partial charge in [0.1, 0.15) is 11.8 Å². The number of carbonyl (C=O) groups is 2. The highest BCUT2D eigenvalue weighted by atomic mass is 16.5. The van der Waals surface area contributed by atoms with Crippen LogP contribution in [0.3, 0.4) is 0 Å². The maximum atomic E-state index is 12.4. The first-order valence-corrected chi connectivity index (χ1v) is 8.43. The highest BCUT2D eigenvalue weighted by Gasteiger charge is 2.15. The van der Waals surface area contributed by atoms with E-state index in [0.29, 0.717) is 22.7 Å². The predicted octanol–water partition coefficient (Wildman–Crippen LogP) is 3.34. The summed E-state index contributed by atoms with van der Waals surface area (Å²) in [5, 5.41) is 9.69. The molecule has 1 heterocycles. The van der Waals surface area contributed by atoms with Crippen molar-refractivity contribution in [3.63, 3.8) is 0 Å². The van der Waals surface area contributed by atoms with Crippen molar-refractivity contribution in [3.05, 3.63) is 72.6 Å². The third-order valence-electron chi connectivity index (χ3n) is 4.07. The summed E-state index contributed by atoms with van der Waals surface area (Å²) in [6.45, 7) is 1.76. The Morgan fingerprint density at radius 1 is 1.04 bits per heavy atom. The smallest absolute Gasteiger partial charge is 0.255 e. The van der Waals surface area contributed by atoms with E-state index in [4.69, 9.17) is 4.74 Å². The van der Waals surface area contributed by atoms with Gasteiger partial charge in [-0.15, -0.1) is 0 Å². The Morgan fingerprint density at radius 2 is 1.78 bits per heavy atom. The molecular weight excluding hydrogens is 344 g/mol. The van der Waals surface area contributed by atoms with Crippen LogP contribution in [0.2, 0.25) is 0 Å². The second-order valence-corrected chi connectivity index (χ2v) is 5.88. The Kier molecular flexibility index (Phi) is 5.51. The lowest BCUT2D eigenvalue weighted by atomic mass is 10.1. The number of anilines is 2. The van der Waals surface area contributed by atoms with E-state index in [1.165, 1.54) is 0 Å². The Balaban J connectivity index is 1.64. The van der Waals surface area contributed by atoms with Gasteiger partial charge in [-0.3, -0.25) is 14.3 Å². The summed E-state index contributed by atoms with van der Waals surface area (Å²) >= 11 is 0. The molecule has 0 spiro atoms. The van der Waals surface area contributed by atoms with Crippen LogP contribution in [0.1, 0.15) is 23.3 Å². The zero-order chi connectivity index (χ0) is 19.2. The van der Waals surface area contributed by atoms with Gasteiger partial charge in [0.25, 0.3) is 5.91 Å². The first-order valence-electron chi connectivity index (χ1n) is 8.43. The number of hydrogen-bond acceptors (Lipinski definition) is 4. The van der Waals surface area contributed by atoms with Gasteiger partial charge in [-0.05, 0) is 49.4 Å². The Bertz CT molecular complexity index is 921. The monoisotopic (exact) mass is 364 g/mol. The lowest BCUT2D eigenvalue weighted by Gasteiger charge is -2.13. The van der Waals surface area contributed by atoms with Gasteiger partial charge in [0, 0.05) is 23.6 Å². The van der Waals surface area contributed by atoms with E-state index in [2.05, 4.69) is 15.7 Å². The number of rotatable bonds is 6. The molecule has 1 atom stereocenters. The zero-order valence-electron chi connectivity index (χ0n) is 15.0. The van der Waals surface area contributed by atoms with Gasteiger partial charge in [0.05, 0.1) is 12.8 Å². The molecule has 1 aromatic heterocycles. The van der Waals surface area contributed by atoms with Gasteiger partial charge in [-0.2, -0.15) is 5.10 Å². The van der Waals surface area contributed by atoms with E-state index >= 15 is 0 Å². The molecule has 2 N–H and O–H groups in total. The number of carbonyl (C=O) groups excluding carboxylic acids is 2.